The molecule has 0 amide bonds. The fourth-order valence-electron chi connectivity index (χ4n) is 3.10. The highest BCUT2D eigenvalue weighted by Gasteiger charge is 2.17. The maximum atomic E-state index is 14.0. The average molecular weight is 406 g/mol. The highest BCUT2D eigenvalue weighted by atomic mass is 35.5. The van der Waals surface area contributed by atoms with Crippen LogP contribution in [0.2, 0.25) is 5.02 Å². The molecule has 0 unspecified atom stereocenters. The molecule has 1 heterocycles. The lowest BCUT2D eigenvalue weighted by atomic mass is 10.0. The van der Waals surface area contributed by atoms with E-state index in [0.29, 0.717) is 22.2 Å². The summed E-state index contributed by atoms with van der Waals surface area (Å²) in [5, 5.41) is 0.894. The minimum absolute atomic E-state index is 0.152. The Bertz CT molecular complexity index is 1190. The number of rotatable bonds is 4. The number of halogens is 2. The van der Waals surface area contributed by atoms with Crippen LogP contribution in [-0.2, 0) is 11.3 Å². The maximum absolute atomic E-state index is 14.0. The quantitative estimate of drug-likeness (QED) is 0.371. The van der Waals surface area contributed by atoms with Crippen LogP contribution >= 0.6 is 11.6 Å². The van der Waals surface area contributed by atoms with Crippen molar-refractivity contribution < 1.29 is 13.9 Å². The van der Waals surface area contributed by atoms with E-state index < -0.39 is 11.8 Å². The van der Waals surface area contributed by atoms with Gasteiger partial charge in [-0.3, -0.25) is 0 Å². The molecule has 0 aliphatic carbocycles. The zero-order valence-corrected chi connectivity index (χ0v) is 16.4. The first-order chi connectivity index (χ1) is 14.0. The summed E-state index contributed by atoms with van der Waals surface area (Å²) in [5.41, 5.74) is 3.91. The Morgan fingerprint density at radius 1 is 1.03 bits per heavy atom. The van der Waals surface area contributed by atoms with E-state index >= 15 is 0 Å². The van der Waals surface area contributed by atoms with Crippen LogP contribution in [0.5, 0.6) is 0 Å². The summed E-state index contributed by atoms with van der Waals surface area (Å²) in [6.45, 7) is 1.76. The SMILES string of the molecule is Cc1ccc(-c2cc(C(=O)OCc3c(F)cccc3Cl)c3ccccc3n2)cc1. The predicted molar refractivity (Wildman–Crippen MR) is 112 cm³/mol. The molecular weight excluding hydrogens is 389 g/mol. The molecule has 29 heavy (non-hydrogen) atoms. The van der Waals surface area contributed by atoms with Crippen molar-refractivity contribution in [1.29, 1.82) is 0 Å². The second kappa shape index (κ2) is 8.02. The van der Waals surface area contributed by atoms with E-state index in [1.807, 2.05) is 55.5 Å². The summed E-state index contributed by atoms with van der Waals surface area (Å²) in [4.78, 5) is 17.6. The number of esters is 1. The molecule has 0 aliphatic heterocycles. The molecule has 4 aromatic rings. The van der Waals surface area contributed by atoms with Crippen molar-refractivity contribution in [3.63, 3.8) is 0 Å². The van der Waals surface area contributed by atoms with Crippen LogP contribution < -0.4 is 0 Å². The first kappa shape index (κ1) is 19.1. The van der Waals surface area contributed by atoms with Gasteiger partial charge < -0.3 is 4.74 Å². The number of hydrogen-bond donors (Lipinski definition) is 0. The van der Waals surface area contributed by atoms with E-state index in [0.717, 1.165) is 11.1 Å². The van der Waals surface area contributed by atoms with Gasteiger partial charge in [-0.05, 0) is 31.2 Å². The molecule has 5 heteroatoms. The molecular formula is C24H17ClFNO2. The number of carbonyl (C=O) groups excluding carboxylic acids is 1. The summed E-state index contributed by atoms with van der Waals surface area (Å²) < 4.78 is 19.4. The molecule has 0 radical (unpaired) electrons. The first-order valence-corrected chi connectivity index (χ1v) is 9.47. The third kappa shape index (κ3) is 3.98. The molecule has 0 saturated carbocycles. The van der Waals surface area contributed by atoms with Crippen molar-refractivity contribution in [1.82, 2.24) is 4.98 Å². The molecule has 0 spiro atoms. The van der Waals surface area contributed by atoms with Gasteiger partial charge >= 0.3 is 5.97 Å². The zero-order chi connectivity index (χ0) is 20.4. The summed E-state index contributed by atoms with van der Waals surface area (Å²) in [5.74, 6) is -1.07. The topological polar surface area (TPSA) is 39.2 Å². The lowest BCUT2D eigenvalue weighted by Crippen LogP contribution is -2.08. The van der Waals surface area contributed by atoms with Gasteiger partial charge in [0.05, 0.1) is 21.8 Å². The van der Waals surface area contributed by atoms with Crippen LogP contribution in [0.4, 0.5) is 4.39 Å². The Labute approximate surface area is 172 Å². The molecule has 4 rings (SSSR count). The summed E-state index contributed by atoms with van der Waals surface area (Å²) in [7, 11) is 0. The summed E-state index contributed by atoms with van der Waals surface area (Å²) >= 11 is 6.03. The monoisotopic (exact) mass is 405 g/mol. The summed E-state index contributed by atoms with van der Waals surface area (Å²) in [6, 6.07) is 21.3. The molecule has 1 aromatic heterocycles. The van der Waals surface area contributed by atoms with E-state index in [2.05, 4.69) is 4.98 Å². The minimum atomic E-state index is -0.559. The van der Waals surface area contributed by atoms with E-state index in [9.17, 15) is 9.18 Å². The molecule has 3 nitrogen and oxygen atoms in total. The number of aromatic nitrogens is 1. The lowest BCUT2D eigenvalue weighted by Gasteiger charge is -2.11. The number of benzene rings is 3. The van der Waals surface area contributed by atoms with Crippen molar-refractivity contribution >= 4 is 28.5 Å². The van der Waals surface area contributed by atoms with Gasteiger partial charge in [-0.2, -0.15) is 0 Å². The number of ether oxygens (including phenoxy) is 1. The number of fused-ring (bicyclic) bond motifs is 1. The fraction of sp³-hybridized carbons (Fsp3) is 0.0833. The van der Waals surface area contributed by atoms with Gasteiger partial charge in [-0.25, -0.2) is 14.2 Å². The number of pyridine rings is 1. The van der Waals surface area contributed by atoms with Gasteiger partial charge in [-0.1, -0.05) is 65.7 Å². The maximum Gasteiger partial charge on any atom is 0.339 e. The van der Waals surface area contributed by atoms with Crippen molar-refractivity contribution in [2.24, 2.45) is 0 Å². The normalized spacial score (nSPS) is 10.9. The van der Waals surface area contributed by atoms with Crippen molar-refractivity contribution in [3.8, 4) is 11.3 Å². The molecule has 0 aliphatic rings. The Morgan fingerprint density at radius 2 is 1.79 bits per heavy atom. The van der Waals surface area contributed by atoms with Crippen LogP contribution in [0.1, 0.15) is 21.5 Å². The number of hydrogen-bond acceptors (Lipinski definition) is 3. The molecule has 144 valence electrons. The smallest absolute Gasteiger partial charge is 0.339 e. The van der Waals surface area contributed by atoms with Gasteiger partial charge in [0.2, 0.25) is 0 Å². The number of para-hydroxylation sites is 1. The van der Waals surface area contributed by atoms with Crippen LogP contribution in [0.3, 0.4) is 0 Å². The fourth-order valence-corrected chi connectivity index (χ4v) is 3.32. The Hall–Kier alpha value is -3.24. The standard InChI is InChI=1S/C24H17ClFNO2/c1-15-9-11-16(12-10-15)23-13-18(17-5-2-3-8-22(17)27-23)24(28)29-14-19-20(25)6-4-7-21(19)26/h2-13H,14H2,1H3. The van der Waals surface area contributed by atoms with E-state index in [-0.39, 0.29) is 17.2 Å². The predicted octanol–water partition coefficient (Wildman–Crippen LogP) is 6.36. The second-order valence-electron chi connectivity index (χ2n) is 6.71. The van der Waals surface area contributed by atoms with Crippen molar-refractivity contribution in [3.05, 3.63) is 100 Å². The average Bonchev–Trinajstić information content (AvgIpc) is 2.73. The molecule has 0 bridgehead atoms. The largest absolute Gasteiger partial charge is 0.457 e. The van der Waals surface area contributed by atoms with Gasteiger partial charge in [0.25, 0.3) is 0 Å². The van der Waals surface area contributed by atoms with Gasteiger partial charge in [-0.15, -0.1) is 0 Å². The molecule has 0 atom stereocenters. The van der Waals surface area contributed by atoms with Gasteiger partial charge in [0.15, 0.2) is 0 Å². The molecule has 3 aromatic carbocycles. The van der Waals surface area contributed by atoms with Gasteiger partial charge in [0.1, 0.15) is 12.4 Å². The Balaban J connectivity index is 1.72. The molecule has 0 saturated heterocycles. The number of nitrogens with zero attached hydrogens (tertiary/aromatic N) is 1. The third-order valence-corrected chi connectivity index (χ3v) is 5.05. The van der Waals surface area contributed by atoms with E-state index in [4.69, 9.17) is 16.3 Å². The second-order valence-corrected chi connectivity index (χ2v) is 7.12. The van der Waals surface area contributed by atoms with Crippen molar-refractivity contribution in [2.75, 3.05) is 0 Å². The highest BCUT2D eigenvalue weighted by Crippen LogP contribution is 2.27. The van der Waals surface area contributed by atoms with Crippen LogP contribution in [0.25, 0.3) is 22.2 Å². The third-order valence-electron chi connectivity index (χ3n) is 4.69. The van der Waals surface area contributed by atoms with Crippen LogP contribution in [-0.4, -0.2) is 11.0 Å². The van der Waals surface area contributed by atoms with E-state index in [1.165, 1.54) is 12.1 Å². The number of aryl methyl sites for hydroxylation is 1. The minimum Gasteiger partial charge on any atom is -0.457 e. The van der Waals surface area contributed by atoms with Gasteiger partial charge in [0, 0.05) is 16.5 Å². The zero-order valence-electron chi connectivity index (χ0n) is 15.7. The molecule has 0 N–H and O–H groups in total. The van der Waals surface area contributed by atoms with Crippen LogP contribution in [0, 0.1) is 12.7 Å². The summed E-state index contributed by atoms with van der Waals surface area (Å²) in [6.07, 6.45) is 0. The Morgan fingerprint density at radius 3 is 2.55 bits per heavy atom. The van der Waals surface area contributed by atoms with Crippen molar-refractivity contribution in [2.45, 2.75) is 13.5 Å². The number of carbonyl (C=O) groups is 1. The highest BCUT2D eigenvalue weighted by molar-refractivity contribution is 6.31. The first-order valence-electron chi connectivity index (χ1n) is 9.10. The van der Waals surface area contributed by atoms with E-state index in [1.54, 1.807) is 12.1 Å². The van der Waals surface area contributed by atoms with Crippen LogP contribution in [0.15, 0.2) is 72.8 Å². The molecule has 0 fully saturated rings. The lowest BCUT2D eigenvalue weighted by molar-refractivity contribution is 0.0471. The Kier molecular flexibility index (Phi) is 5.28.